The van der Waals surface area contributed by atoms with Crippen molar-refractivity contribution in [1.29, 1.82) is 0 Å². The molecule has 1 aromatic heterocycles. The minimum absolute atomic E-state index is 0.0703. The number of aromatic amines is 1. The van der Waals surface area contributed by atoms with Gasteiger partial charge in [-0.3, -0.25) is 9.89 Å². The molecule has 2 N–H and O–H groups in total. The number of benzene rings is 1. The van der Waals surface area contributed by atoms with Gasteiger partial charge in [0.25, 0.3) is 5.91 Å². The van der Waals surface area contributed by atoms with Crippen LogP contribution in [0.2, 0.25) is 0 Å². The van der Waals surface area contributed by atoms with Gasteiger partial charge in [0.1, 0.15) is 5.75 Å². The number of nitrogens with one attached hydrogen (secondary N) is 2. The highest BCUT2D eigenvalue weighted by atomic mass is 16.5. The first-order chi connectivity index (χ1) is 10.6. The third-order valence-corrected chi connectivity index (χ3v) is 4.17. The van der Waals surface area contributed by atoms with Gasteiger partial charge in [0, 0.05) is 5.92 Å². The molecule has 1 aromatic carbocycles. The summed E-state index contributed by atoms with van der Waals surface area (Å²) < 4.78 is 5.27. The average Bonchev–Trinajstić information content (AvgIpc) is 3.23. The summed E-state index contributed by atoms with van der Waals surface area (Å²) in [5, 5.41) is 10.0. The summed E-state index contributed by atoms with van der Waals surface area (Å²) in [5.74, 6) is 1.26. The molecule has 1 aliphatic rings. The zero-order valence-electron chi connectivity index (χ0n) is 13.1. The van der Waals surface area contributed by atoms with Crippen molar-refractivity contribution in [3.8, 4) is 5.75 Å². The molecular weight excluding hydrogens is 278 g/mol. The van der Waals surface area contributed by atoms with Crippen LogP contribution in [0, 0.1) is 6.92 Å². The second-order valence-corrected chi connectivity index (χ2v) is 5.90. The van der Waals surface area contributed by atoms with Crippen LogP contribution in [0.25, 0.3) is 0 Å². The first-order valence-corrected chi connectivity index (χ1v) is 7.58. The van der Waals surface area contributed by atoms with Crippen LogP contribution < -0.4 is 10.1 Å². The molecule has 0 aliphatic heterocycles. The van der Waals surface area contributed by atoms with Gasteiger partial charge in [0.2, 0.25) is 0 Å². The van der Waals surface area contributed by atoms with Crippen LogP contribution in [0.1, 0.15) is 58.9 Å². The van der Waals surface area contributed by atoms with E-state index in [9.17, 15) is 4.79 Å². The van der Waals surface area contributed by atoms with Gasteiger partial charge in [-0.1, -0.05) is 12.1 Å². The van der Waals surface area contributed by atoms with Crippen LogP contribution in [-0.4, -0.2) is 23.2 Å². The molecule has 0 saturated heterocycles. The third kappa shape index (κ3) is 2.84. The Balaban J connectivity index is 1.73. The topological polar surface area (TPSA) is 67.0 Å². The molecule has 3 rings (SSSR count). The summed E-state index contributed by atoms with van der Waals surface area (Å²) in [4.78, 5) is 12.5. The maximum absolute atomic E-state index is 12.5. The molecule has 0 radical (unpaired) electrons. The number of carbonyl (C=O) groups is 1. The number of rotatable bonds is 5. The SMILES string of the molecule is COc1ccc([C@H](C)NC(=O)c2cn[nH]c2C2CC2)cc1C. The van der Waals surface area contributed by atoms with E-state index in [1.807, 2.05) is 32.0 Å². The lowest BCUT2D eigenvalue weighted by Crippen LogP contribution is -2.27. The molecule has 0 spiro atoms. The molecule has 1 saturated carbocycles. The van der Waals surface area contributed by atoms with E-state index in [1.54, 1.807) is 13.3 Å². The van der Waals surface area contributed by atoms with Gasteiger partial charge in [-0.2, -0.15) is 5.10 Å². The Hall–Kier alpha value is -2.30. The van der Waals surface area contributed by atoms with E-state index in [1.165, 1.54) is 0 Å². The van der Waals surface area contributed by atoms with Crippen LogP contribution in [0.4, 0.5) is 0 Å². The highest BCUT2D eigenvalue weighted by Crippen LogP contribution is 2.40. The Morgan fingerprint density at radius 2 is 2.23 bits per heavy atom. The highest BCUT2D eigenvalue weighted by molar-refractivity contribution is 5.95. The molecule has 1 aliphatic carbocycles. The number of H-pyrrole nitrogens is 1. The number of methoxy groups -OCH3 is 1. The molecule has 1 atom stereocenters. The van der Waals surface area contributed by atoms with Gasteiger partial charge in [-0.25, -0.2) is 0 Å². The molecule has 5 heteroatoms. The number of amides is 1. The average molecular weight is 299 g/mol. The molecular formula is C17H21N3O2. The molecule has 1 heterocycles. The third-order valence-electron chi connectivity index (χ3n) is 4.17. The Morgan fingerprint density at radius 3 is 2.86 bits per heavy atom. The fraction of sp³-hybridized carbons (Fsp3) is 0.412. The molecule has 0 bridgehead atoms. The van der Waals surface area contributed by atoms with Crippen molar-refractivity contribution in [3.63, 3.8) is 0 Å². The summed E-state index contributed by atoms with van der Waals surface area (Å²) in [7, 11) is 1.66. The van der Waals surface area contributed by atoms with Crippen molar-refractivity contribution in [2.75, 3.05) is 7.11 Å². The molecule has 22 heavy (non-hydrogen) atoms. The van der Waals surface area contributed by atoms with Gasteiger partial charge < -0.3 is 10.1 Å². The summed E-state index contributed by atoms with van der Waals surface area (Å²) in [6.07, 6.45) is 3.89. The van der Waals surface area contributed by atoms with Crippen LogP contribution >= 0.6 is 0 Å². The van der Waals surface area contributed by atoms with Gasteiger partial charge >= 0.3 is 0 Å². The quantitative estimate of drug-likeness (QED) is 0.891. The number of nitrogens with zero attached hydrogens (tertiary/aromatic N) is 1. The largest absolute Gasteiger partial charge is 0.496 e. The van der Waals surface area contributed by atoms with Crippen molar-refractivity contribution in [3.05, 3.63) is 46.8 Å². The molecule has 2 aromatic rings. The highest BCUT2D eigenvalue weighted by Gasteiger charge is 2.30. The molecule has 0 unspecified atom stereocenters. The van der Waals surface area contributed by atoms with Gasteiger partial charge in [0.15, 0.2) is 0 Å². The van der Waals surface area contributed by atoms with E-state index in [4.69, 9.17) is 4.74 Å². The van der Waals surface area contributed by atoms with Crippen LogP contribution in [0.5, 0.6) is 5.75 Å². The van der Waals surface area contributed by atoms with Crippen molar-refractivity contribution < 1.29 is 9.53 Å². The van der Waals surface area contributed by atoms with E-state index in [0.29, 0.717) is 11.5 Å². The van der Waals surface area contributed by atoms with E-state index in [0.717, 1.165) is 35.4 Å². The summed E-state index contributed by atoms with van der Waals surface area (Å²) in [6, 6.07) is 5.88. The lowest BCUT2D eigenvalue weighted by atomic mass is 10.0. The predicted molar refractivity (Wildman–Crippen MR) is 84.2 cm³/mol. The first kappa shape index (κ1) is 14.6. The van der Waals surface area contributed by atoms with Crippen LogP contribution in [0.3, 0.4) is 0 Å². The Labute approximate surface area is 130 Å². The lowest BCUT2D eigenvalue weighted by Gasteiger charge is -2.16. The number of carbonyl (C=O) groups excluding carboxylic acids is 1. The first-order valence-electron chi connectivity index (χ1n) is 7.58. The smallest absolute Gasteiger partial charge is 0.255 e. The van der Waals surface area contributed by atoms with E-state index < -0.39 is 0 Å². The molecule has 1 amide bonds. The van der Waals surface area contributed by atoms with Gasteiger partial charge in [-0.05, 0) is 43.9 Å². The molecule has 5 nitrogen and oxygen atoms in total. The number of aromatic nitrogens is 2. The monoisotopic (exact) mass is 299 g/mol. The van der Waals surface area contributed by atoms with Crippen LogP contribution in [0.15, 0.2) is 24.4 Å². The van der Waals surface area contributed by atoms with Crippen molar-refractivity contribution in [2.45, 2.75) is 38.6 Å². The lowest BCUT2D eigenvalue weighted by molar-refractivity contribution is 0.0939. The standard InChI is InChI=1S/C17H21N3O2/c1-10-8-13(6-7-15(10)22-3)11(2)19-17(21)14-9-18-20-16(14)12-4-5-12/h6-9,11-12H,4-5H2,1-3H3,(H,18,20)(H,19,21)/t11-/m0/s1. The zero-order chi connectivity index (χ0) is 15.7. The zero-order valence-corrected chi connectivity index (χ0v) is 13.1. The van der Waals surface area contributed by atoms with Crippen molar-refractivity contribution in [1.82, 2.24) is 15.5 Å². The van der Waals surface area contributed by atoms with Crippen molar-refractivity contribution >= 4 is 5.91 Å². The van der Waals surface area contributed by atoms with Crippen LogP contribution in [-0.2, 0) is 0 Å². The second-order valence-electron chi connectivity index (χ2n) is 5.90. The van der Waals surface area contributed by atoms with E-state index in [2.05, 4.69) is 15.5 Å². The fourth-order valence-corrected chi connectivity index (χ4v) is 2.69. The normalized spacial score (nSPS) is 15.4. The number of ether oxygens (including phenoxy) is 1. The molecule has 1 fully saturated rings. The van der Waals surface area contributed by atoms with Gasteiger partial charge in [-0.15, -0.1) is 0 Å². The number of aryl methyl sites for hydroxylation is 1. The second kappa shape index (κ2) is 5.83. The number of hydrogen-bond acceptors (Lipinski definition) is 3. The Bertz CT molecular complexity index is 689. The summed E-state index contributed by atoms with van der Waals surface area (Å²) >= 11 is 0. The van der Waals surface area contributed by atoms with E-state index >= 15 is 0 Å². The predicted octanol–water partition coefficient (Wildman–Crippen LogP) is 3.10. The molecule has 116 valence electrons. The summed E-state index contributed by atoms with van der Waals surface area (Å²) in [6.45, 7) is 3.98. The van der Waals surface area contributed by atoms with Crippen molar-refractivity contribution in [2.24, 2.45) is 0 Å². The fourth-order valence-electron chi connectivity index (χ4n) is 2.69. The Kier molecular flexibility index (Phi) is 3.88. The minimum Gasteiger partial charge on any atom is -0.496 e. The minimum atomic E-state index is -0.0726. The Morgan fingerprint density at radius 1 is 1.45 bits per heavy atom. The summed E-state index contributed by atoms with van der Waals surface area (Å²) in [5.41, 5.74) is 3.75. The maximum atomic E-state index is 12.5. The van der Waals surface area contributed by atoms with Gasteiger partial charge in [0.05, 0.1) is 30.6 Å². The number of hydrogen-bond donors (Lipinski definition) is 2. The maximum Gasteiger partial charge on any atom is 0.255 e. The van der Waals surface area contributed by atoms with E-state index in [-0.39, 0.29) is 11.9 Å².